The molecule has 0 saturated heterocycles. The molecular formula is C20H15BrN4O3S. The number of fused-ring (bicyclic) bond motifs is 1. The monoisotopic (exact) mass is 470 g/mol. The summed E-state index contributed by atoms with van der Waals surface area (Å²) in [5.41, 5.74) is 2.25. The van der Waals surface area contributed by atoms with Gasteiger partial charge in [0.25, 0.3) is 11.5 Å². The first-order valence-electron chi connectivity index (χ1n) is 8.63. The van der Waals surface area contributed by atoms with E-state index in [1.807, 2.05) is 43.3 Å². The molecule has 2 aromatic heterocycles. The van der Waals surface area contributed by atoms with Crippen LogP contribution in [0.4, 0.5) is 5.69 Å². The van der Waals surface area contributed by atoms with Crippen LogP contribution >= 0.6 is 27.3 Å². The zero-order chi connectivity index (χ0) is 20.4. The molecule has 0 aliphatic heterocycles. The van der Waals surface area contributed by atoms with E-state index in [2.05, 4.69) is 31.3 Å². The molecule has 0 saturated carbocycles. The number of ether oxygens (including phenoxy) is 1. The fraction of sp³-hybridized carbons (Fsp3) is 0.100. The van der Waals surface area contributed by atoms with Crippen LogP contribution in [0.2, 0.25) is 0 Å². The lowest BCUT2D eigenvalue weighted by Crippen LogP contribution is -2.24. The quantitative estimate of drug-likeness (QED) is 0.484. The lowest BCUT2D eigenvalue weighted by atomic mass is 10.2. The standard InChI is InChI=1S/C20H15BrN4O3S/c1-12-2-5-15(6-3-12)24-18(26)10-28-16-7-4-14(21)8-13(16)9-17-19(27)25-20(29-17)22-11-23-25/h2-9,11H,10H2,1H3,(H,24,26)/b17-9-. The van der Waals surface area contributed by atoms with Gasteiger partial charge in [-0.05, 0) is 43.3 Å². The van der Waals surface area contributed by atoms with Crippen molar-refractivity contribution in [2.45, 2.75) is 6.92 Å². The molecular weight excluding hydrogens is 456 g/mol. The number of rotatable bonds is 5. The Bertz CT molecular complexity index is 1300. The first-order chi connectivity index (χ1) is 14.0. The van der Waals surface area contributed by atoms with E-state index in [1.54, 1.807) is 12.1 Å². The van der Waals surface area contributed by atoms with Crippen molar-refractivity contribution < 1.29 is 9.53 Å². The molecule has 1 N–H and O–H groups in total. The number of hydrogen-bond donors (Lipinski definition) is 1. The lowest BCUT2D eigenvalue weighted by molar-refractivity contribution is -0.118. The summed E-state index contributed by atoms with van der Waals surface area (Å²) < 4.78 is 8.28. The van der Waals surface area contributed by atoms with Crippen LogP contribution in [0, 0.1) is 6.92 Å². The summed E-state index contributed by atoms with van der Waals surface area (Å²) in [6, 6.07) is 12.9. The van der Waals surface area contributed by atoms with Crippen molar-refractivity contribution >= 4 is 49.9 Å². The Morgan fingerprint density at radius 2 is 2.07 bits per heavy atom. The highest BCUT2D eigenvalue weighted by molar-refractivity contribution is 9.10. The Morgan fingerprint density at radius 3 is 2.83 bits per heavy atom. The molecule has 0 fully saturated rings. The van der Waals surface area contributed by atoms with E-state index in [-0.39, 0.29) is 18.1 Å². The van der Waals surface area contributed by atoms with Gasteiger partial charge in [0.1, 0.15) is 12.1 Å². The number of benzene rings is 2. The number of carbonyl (C=O) groups is 1. The van der Waals surface area contributed by atoms with Gasteiger partial charge < -0.3 is 10.1 Å². The highest BCUT2D eigenvalue weighted by atomic mass is 79.9. The van der Waals surface area contributed by atoms with Gasteiger partial charge in [-0.2, -0.15) is 9.61 Å². The summed E-state index contributed by atoms with van der Waals surface area (Å²) in [6.07, 6.45) is 3.05. The second kappa shape index (κ2) is 8.14. The topological polar surface area (TPSA) is 85.6 Å². The largest absolute Gasteiger partial charge is 0.483 e. The number of nitrogens with zero attached hydrogens (tertiary/aromatic N) is 3. The van der Waals surface area contributed by atoms with Gasteiger partial charge in [0, 0.05) is 15.7 Å². The minimum atomic E-state index is -0.272. The molecule has 0 radical (unpaired) electrons. The maximum absolute atomic E-state index is 12.4. The highest BCUT2D eigenvalue weighted by Gasteiger charge is 2.10. The predicted octanol–water partition coefficient (Wildman–Crippen LogP) is 2.79. The number of nitrogens with one attached hydrogen (secondary N) is 1. The molecule has 2 aromatic carbocycles. The molecule has 2 heterocycles. The molecule has 1 amide bonds. The van der Waals surface area contributed by atoms with E-state index in [4.69, 9.17) is 4.74 Å². The third-order valence-corrected chi connectivity index (χ3v) is 5.54. The summed E-state index contributed by atoms with van der Waals surface area (Å²) in [6.45, 7) is 1.82. The second-order valence-corrected chi connectivity index (χ2v) is 8.18. The fourth-order valence-corrected chi connectivity index (χ4v) is 3.91. The van der Waals surface area contributed by atoms with Crippen LogP contribution in [-0.2, 0) is 4.79 Å². The van der Waals surface area contributed by atoms with Crippen molar-refractivity contribution in [3.05, 3.63) is 79.3 Å². The smallest absolute Gasteiger partial charge is 0.291 e. The van der Waals surface area contributed by atoms with Crippen LogP contribution in [0.1, 0.15) is 11.1 Å². The first-order valence-corrected chi connectivity index (χ1v) is 10.2. The van der Waals surface area contributed by atoms with Crippen molar-refractivity contribution in [3.63, 3.8) is 0 Å². The van der Waals surface area contributed by atoms with Gasteiger partial charge in [-0.25, -0.2) is 4.98 Å². The molecule has 0 spiro atoms. The van der Waals surface area contributed by atoms with Crippen molar-refractivity contribution in [2.75, 3.05) is 11.9 Å². The molecule has 7 nitrogen and oxygen atoms in total. The number of thiazole rings is 1. The normalized spacial score (nSPS) is 11.7. The van der Waals surface area contributed by atoms with Crippen molar-refractivity contribution in [2.24, 2.45) is 0 Å². The van der Waals surface area contributed by atoms with Gasteiger partial charge in [0.2, 0.25) is 4.96 Å². The molecule has 4 rings (SSSR count). The number of amides is 1. The van der Waals surface area contributed by atoms with Crippen LogP contribution in [0.3, 0.4) is 0 Å². The van der Waals surface area contributed by atoms with Crippen molar-refractivity contribution in [1.82, 2.24) is 14.6 Å². The van der Waals surface area contributed by atoms with Crippen LogP contribution in [0.15, 0.2) is 58.1 Å². The van der Waals surface area contributed by atoms with Crippen molar-refractivity contribution in [3.8, 4) is 5.75 Å². The maximum Gasteiger partial charge on any atom is 0.291 e. The Kier molecular flexibility index (Phi) is 5.41. The minimum Gasteiger partial charge on any atom is -0.483 e. The number of aryl methyl sites for hydroxylation is 1. The zero-order valence-electron chi connectivity index (χ0n) is 15.3. The van der Waals surface area contributed by atoms with E-state index in [0.29, 0.717) is 26.5 Å². The van der Waals surface area contributed by atoms with Gasteiger partial charge in [-0.15, -0.1) is 0 Å². The molecule has 0 bridgehead atoms. The van der Waals surface area contributed by atoms with E-state index in [0.717, 1.165) is 10.0 Å². The Hall–Kier alpha value is -3.04. The minimum absolute atomic E-state index is 0.157. The van der Waals surface area contributed by atoms with E-state index < -0.39 is 0 Å². The predicted molar refractivity (Wildman–Crippen MR) is 115 cm³/mol. The SMILES string of the molecule is Cc1ccc(NC(=O)COc2ccc(Br)cc2/C=c2\sc3ncnn3c2=O)cc1. The molecule has 0 atom stereocenters. The molecule has 29 heavy (non-hydrogen) atoms. The summed E-state index contributed by atoms with van der Waals surface area (Å²) in [4.78, 5) is 29.2. The molecule has 4 aromatic rings. The summed E-state index contributed by atoms with van der Waals surface area (Å²) in [5.74, 6) is 0.219. The van der Waals surface area contributed by atoms with E-state index in [1.165, 1.54) is 22.2 Å². The highest BCUT2D eigenvalue weighted by Crippen LogP contribution is 2.24. The third-order valence-electron chi connectivity index (χ3n) is 4.07. The van der Waals surface area contributed by atoms with Gasteiger partial charge >= 0.3 is 0 Å². The van der Waals surface area contributed by atoms with E-state index >= 15 is 0 Å². The summed E-state index contributed by atoms with van der Waals surface area (Å²) >= 11 is 4.66. The van der Waals surface area contributed by atoms with Crippen LogP contribution in [0.25, 0.3) is 11.0 Å². The molecule has 9 heteroatoms. The van der Waals surface area contributed by atoms with Crippen LogP contribution in [-0.4, -0.2) is 27.1 Å². The molecule has 146 valence electrons. The van der Waals surface area contributed by atoms with Crippen LogP contribution in [0.5, 0.6) is 5.75 Å². The first kappa shape index (κ1) is 19.3. The van der Waals surface area contributed by atoms with Crippen molar-refractivity contribution in [1.29, 1.82) is 0 Å². The average molecular weight is 471 g/mol. The molecule has 0 aliphatic carbocycles. The number of carbonyl (C=O) groups excluding carboxylic acids is 1. The number of aromatic nitrogens is 3. The molecule has 0 unspecified atom stereocenters. The fourth-order valence-electron chi connectivity index (χ4n) is 2.66. The van der Waals surface area contributed by atoms with Gasteiger partial charge in [0.15, 0.2) is 6.61 Å². The number of anilines is 1. The average Bonchev–Trinajstić information content (AvgIpc) is 3.26. The Balaban J connectivity index is 1.55. The number of hydrogen-bond acceptors (Lipinski definition) is 6. The van der Waals surface area contributed by atoms with Crippen LogP contribution < -0.4 is 20.1 Å². The summed E-state index contributed by atoms with van der Waals surface area (Å²) in [5, 5.41) is 6.71. The Labute approximate surface area is 177 Å². The Morgan fingerprint density at radius 1 is 1.28 bits per heavy atom. The zero-order valence-corrected chi connectivity index (χ0v) is 17.7. The summed E-state index contributed by atoms with van der Waals surface area (Å²) in [7, 11) is 0. The second-order valence-electron chi connectivity index (χ2n) is 6.26. The number of halogens is 1. The maximum atomic E-state index is 12.4. The van der Waals surface area contributed by atoms with Gasteiger partial charge in [-0.3, -0.25) is 9.59 Å². The van der Waals surface area contributed by atoms with Gasteiger partial charge in [0.05, 0.1) is 4.53 Å². The van der Waals surface area contributed by atoms with E-state index in [9.17, 15) is 9.59 Å². The third kappa shape index (κ3) is 4.36. The van der Waals surface area contributed by atoms with Gasteiger partial charge in [-0.1, -0.05) is 45.0 Å². The lowest BCUT2D eigenvalue weighted by Gasteiger charge is -2.10. The molecule has 0 aliphatic rings.